The van der Waals surface area contributed by atoms with Crippen LogP contribution in [0.25, 0.3) is 0 Å². The first-order valence-corrected chi connectivity index (χ1v) is 13.1. The average Bonchev–Trinajstić information content (AvgIpc) is 2.88. The van der Waals surface area contributed by atoms with Crippen LogP contribution in [-0.2, 0) is 31.6 Å². The Balaban J connectivity index is 1.56. The summed E-state index contributed by atoms with van der Waals surface area (Å²) in [5.41, 5.74) is 2.24. The third-order valence-electron chi connectivity index (χ3n) is 6.62. The predicted molar refractivity (Wildman–Crippen MR) is 134 cm³/mol. The zero-order valence-electron chi connectivity index (χ0n) is 19.9. The molecule has 1 fully saturated rings. The van der Waals surface area contributed by atoms with Crippen molar-refractivity contribution in [3.63, 3.8) is 0 Å². The smallest absolute Gasteiger partial charge is 0.316 e. The molecule has 1 saturated heterocycles. The molecule has 3 aromatic carbocycles. The zero-order chi connectivity index (χ0) is 25.1. The first-order chi connectivity index (χ1) is 16.7. The molecule has 182 valence electrons. The molecule has 0 spiro atoms. The summed E-state index contributed by atoms with van der Waals surface area (Å²) in [6.07, 6.45) is 0.602. The predicted octanol–water partition coefficient (Wildman–Crippen LogP) is 4.66. The van der Waals surface area contributed by atoms with Crippen LogP contribution in [-0.4, -0.2) is 37.6 Å². The van der Waals surface area contributed by atoms with E-state index in [4.69, 9.17) is 4.74 Å². The molecule has 0 bridgehead atoms. The van der Waals surface area contributed by atoms with E-state index >= 15 is 0 Å². The summed E-state index contributed by atoms with van der Waals surface area (Å²) in [5.74, 6) is -0.541. The van der Waals surface area contributed by atoms with E-state index in [1.54, 1.807) is 12.1 Å². The minimum Gasteiger partial charge on any atom is -0.460 e. The third kappa shape index (κ3) is 5.21. The molecule has 1 aliphatic heterocycles. The van der Waals surface area contributed by atoms with Crippen molar-refractivity contribution in [2.75, 3.05) is 13.1 Å². The van der Waals surface area contributed by atoms with E-state index in [0.717, 1.165) is 16.7 Å². The molecule has 0 amide bonds. The van der Waals surface area contributed by atoms with Gasteiger partial charge in [-0.1, -0.05) is 72.3 Å². The van der Waals surface area contributed by atoms with Gasteiger partial charge in [0.25, 0.3) is 0 Å². The van der Waals surface area contributed by atoms with Crippen molar-refractivity contribution < 1.29 is 22.7 Å². The van der Waals surface area contributed by atoms with E-state index in [9.17, 15) is 18.0 Å². The second-order valence-electron chi connectivity index (χ2n) is 9.00. The molecule has 35 heavy (non-hydrogen) atoms. The Morgan fingerprint density at radius 1 is 0.914 bits per heavy atom. The first-order valence-electron chi connectivity index (χ1n) is 11.6. The van der Waals surface area contributed by atoms with E-state index < -0.39 is 15.4 Å². The molecule has 0 N–H and O–H groups in total. The first kappa shape index (κ1) is 24.8. The Kier molecular flexibility index (Phi) is 7.19. The highest BCUT2D eigenvalue weighted by atomic mass is 32.2. The molecular weight excluding hydrogens is 462 g/mol. The number of ketones is 1. The van der Waals surface area contributed by atoms with Gasteiger partial charge in [-0.25, -0.2) is 8.42 Å². The van der Waals surface area contributed by atoms with Crippen LogP contribution in [0, 0.1) is 6.92 Å². The highest BCUT2D eigenvalue weighted by molar-refractivity contribution is 7.89. The summed E-state index contributed by atoms with van der Waals surface area (Å²) in [6, 6.07) is 23.3. The number of piperidine rings is 1. The van der Waals surface area contributed by atoms with E-state index in [0.29, 0.717) is 18.4 Å². The largest absolute Gasteiger partial charge is 0.460 e. The molecule has 0 saturated carbocycles. The lowest BCUT2D eigenvalue weighted by Gasteiger charge is -2.39. The molecule has 0 unspecified atom stereocenters. The lowest BCUT2D eigenvalue weighted by atomic mass is 9.73. The minimum atomic E-state index is -3.81. The number of hydrogen-bond acceptors (Lipinski definition) is 5. The maximum atomic E-state index is 13.5. The van der Waals surface area contributed by atoms with Crippen molar-refractivity contribution in [1.29, 1.82) is 0 Å². The SMILES string of the molecule is CC(=O)c1cccc(S(=O)(=O)N2CCC(C(=O)OCc3cccc(C)c3)(c3ccccc3)CC2)c1. The van der Waals surface area contributed by atoms with Crippen molar-refractivity contribution in [2.45, 2.75) is 43.6 Å². The Bertz CT molecular complexity index is 1330. The Morgan fingerprint density at radius 3 is 2.26 bits per heavy atom. The van der Waals surface area contributed by atoms with Gasteiger partial charge in [0.1, 0.15) is 6.61 Å². The van der Waals surface area contributed by atoms with E-state index in [-0.39, 0.29) is 36.3 Å². The summed E-state index contributed by atoms with van der Waals surface area (Å²) in [4.78, 5) is 25.3. The summed E-state index contributed by atoms with van der Waals surface area (Å²) in [7, 11) is -3.81. The number of benzene rings is 3. The number of rotatable bonds is 7. The number of esters is 1. The van der Waals surface area contributed by atoms with Crippen molar-refractivity contribution in [1.82, 2.24) is 4.31 Å². The highest BCUT2D eigenvalue weighted by Crippen LogP contribution is 2.38. The van der Waals surface area contributed by atoms with Gasteiger partial charge in [0, 0.05) is 18.7 Å². The fourth-order valence-corrected chi connectivity index (χ4v) is 6.08. The monoisotopic (exact) mass is 491 g/mol. The number of carbonyl (C=O) groups excluding carboxylic acids is 2. The van der Waals surface area contributed by atoms with Crippen LogP contribution in [0.15, 0.2) is 83.8 Å². The van der Waals surface area contributed by atoms with Crippen LogP contribution in [0.2, 0.25) is 0 Å². The molecular formula is C28H29NO5S. The number of carbonyl (C=O) groups is 2. The normalized spacial score (nSPS) is 15.9. The fraction of sp³-hybridized carbons (Fsp3) is 0.286. The van der Waals surface area contributed by atoms with Gasteiger partial charge in [-0.2, -0.15) is 4.31 Å². The van der Waals surface area contributed by atoms with Crippen molar-refractivity contribution in [2.24, 2.45) is 0 Å². The second-order valence-corrected chi connectivity index (χ2v) is 10.9. The topological polar surface area (TPSA) is 80.8 Å². The van der Waals surface area contributed by atoms with Crippen LogP contribution in [0.4, 0.5) is 0 Å². The van der Waals surface area contributed by atoms with Gasteiger partial charge in [-0.15, -0.1) is 0 Å². The Hall–Kier alpha value is -3.29. The summed E-state index contributed by atoms with van der Waals surface area (Å²) in [5, 5.41) is 0. The molecule has 7 heteroatoms. The molecule has 4 rings (SSSR count). The lowest BCUT2D eigenvalue weighted by Crippen LogP contribution is -2.49. The van der Waals surface area contributed by atoms with Crippen LogP contribution < -0.4 is 0 Å². The molecule has 1 aliphatic rings. The molecule has 3 aromatic rings. The fourth-order valence-electron chi connectivity index (χ4n) is 4.59. The van der Waals surface area contributed by atoms with Gasteiger partial charge >= 0.3 is 5.97 Å². The third-order valence-corrected chi connectivity index (χ3v) is 8.52. The average molecular weight is 492 g/mol. The van der Waals surface area contributed by atoms with E-state index in [2.05, 4.69) is 0 Å². The maximum Gasteiger partial charge on any atom is 0.316 e. The van der Waals surface area contributed by atoms with Crippen molar-refractivity contribution in [3.8, 4) is 0 Å². The van der Waals surface area contributed by atoms with Crippen LogP contribution in [0.1, 0.15) is 46.8 Å². The Labute approximate surface area is 206 Å². The number of ether oxygens (including phenoxy) is 1. The molecule has 0 atom stereocenters. The van der Waals surface area contributed by atoms with Gasteiger partial charge in [-0.05, 0) is 49.9 Å². The molecule has 0 aromatic heterocycles. The quantitative estimate of drug-likeness (QED) is 0.355. The van der Waals surface area contributed by atoms with Crippen LogP contribution in [0.5, 0.6) is 0 Å². The van der Waals surface area contributed by atoms with Crippen molar-refractivity contribution in [3.05, 3.63) is 101 Å². The zero-order valence-corrected chi connectivity index (χ0v) is 20.8. The molecule has 0 radical (unpaired) electrons. The van der Waals surface area contributed by atoms with E-state index in [1.165, 1.54) is 23.4 Å². The Morgan fingerprint density at radius 2 is 1.60 bits per heavy atom. The van der Waals surface area contributed by atoms with E-state index in [1.807, 2.05) is 61.5 Å². The number of sulfonamides is 1. The number of Topliss-reactive ketones (excluding diaryl/α,β-unsaturated/α-hetero) is 1. The van der Waals surface area contributed by atoms with Crippen LogP contribution >= 0.6 is 0 Å². The van der Waals surface area contributed by atoms with Gasteiger partial charge < -0.3 is 4.74 Å². The number of aryl methyl sites for hydroxylation is 1. The lowest BCUT2D eigenvalue weighted by molar-refractivity contribution is -0.153. The van der Waals surface area contributed by atoms with Gasteiger partial charge in [0.15, 0.2) is 5.78 Å². The van der Waals surface area contributed by atoms with Crippen LogP contribution in [0.3, 0.4) is 0 Å². The maximum absolute atomic E-state index is 13.5. The van der Waals surface area contributed by atoms with Gasteiger partial charge in [0.05, 0.1) is 10.3 Å². The summed E-state index contributed by atoms with van der Waals surface area (Å²) >= 11 is 0. The molecule has 1 heterocycles. The summed E-state index contributed by atoms with van der Waals surface area (Å²) in [6.45, 7) is 3.89. The summed E-state index contributed by atoms with van der Waals surface area (Å²) < 4.78 is 33.8. The molecule has 6 nitrogen and oxygen atoms in total. The standard InChI is InChI=1S/C28H29NO5S/c1-21-8-6-9-23(18-21)20-34-27(31)28(25-11-4-3-5-12-25)14-16-29(17-15-28)35(32,33)26-13-7-10-24(19-26)22(2)30/h3-13,18-19H,14-17,20H2,1-2H3. The van der Waals surface area contributed by atoms with Gasteiger partial charge in [0.2, 0.25) is 10.0 Å². The highest BCUT2D eigenvalue weighted by Gasteiger charge is 2.46. The number of hydrogen-bond donors (Lipinski definition) is 0. The number of nitrogens with zero attached hydrogens (tertiary/aromatic N) is 1. The second kappa shape index (κ2) is 10.1. The molecule has 0 aliphatic carbocycles. The van der Waals surface area contributed by atoms with Gasteiger partial charge in [-0.3, -0.25) is 9.59 Å². The van der Waals surface area contributed by atoms with Crippen molar-refractivity contribution >= 4 is 21.8 Å². The minimum absolute atomic E-state index is 0.0828.